The molecule has 1 aliphatic heterocycles. The van der Waals surface area contributed by atoms with Crippen LogP contribution < -0.4 is 21.7 Å². The van der Waals surface area contributed by atoms with Gasteiger partial charge in [0.05, 0.1) is 22.7 Å². The number of nitrogen functional groups attached to an aromatic ring is 1. The molecule has 1 aromatic carbocycles. The number of benzene rings is 1. The number of nitrogens with one attached hydrogen (secondary N) is 1. The Balaban J connectivity index is 1.20. The van der Waals surface area contributed by atoms with E-state index >= 15 is 0 Å². The van der Waals surface area contributed by atoms with E-state index in [2.05, 4.69) is 15.3 Å². The van der Waals surface area contributed by atoms with Crippen molar-refractivity contribution in [2.45, 2.75) is 36.9 Å². The van der Waals surface area contributed by atoms with Crippen LogP contribution in [-0.2, 0) is 23.0 Å². The highest BCUT2D eigenvalue weighted by molar-refractivity contribution is 7.78. The van der Waals surface area contributed by atoms with Gasteiger partial charge in [-0.1, -0.05) is 30.3 Å². The normalized spacial score (nSPS) is 16.0. The number of hydrogen-bond acceptors (Lipinski definition) is 9. The highest BCUT2D eigenvalue weighted by atomic mass is 32.2. The second-order valence-corrected chi connectivity index (χ2v) is 12.2. The Morgan fingerprint density at radius 3 is 2.56 bits per heavy atom. The first-order valence-electron chi connectivity index (χ1n) is 13.3. The number of nitrogens with zero attached hydrogens (tertiary/aromatic N) is 3. The van der Waals surface area contributed by atoms with Gasteiger partial charge in [0.1, 0.15) is 21.6 Å². The van der Waals surface area contributed by atoms with E-state index < -0.39 is 34.8 Å². The summed E-state index contributed by atoms with van der Waals surface area (Å²) in [7, 11) is 0. The number of hydrogen-bond donors (Lipinski definition) is 5. The average Bonchev–Trinajstić information content (AvgIpc) is 3.31. The molecule has 1 aliphatic rings. The number of aliphatic hydroxyl groups is 1. The van der Waals surface area contributed by atoms with Crippen LogP contribution in [0.1, 0.15) is 45.4 Å². The molecule has 0 radical (unpaired) electrons. The van der Waals surface area contributed by atoms with Crippen LogP contribution >= 0.6 is 11.3 Å². The van der Waals surface area contributed by atoms with E-state index in [1.54, 1.807) is 29.3 Å². The minimum atomic E-state index is -4.70. The monoisotopic (exact) mass is 634 g/mol. The third-order valence-corrected chi connectivity index (χ3v) is 9.01. The van der Waals surface area contributed by atoms with E-state index in [0.29, 0.717) is 31.6 Å². The Morgan fingerprint density at radius 2 is 1.93 bits per heavy atom. The molecule has 1 amide bonds. The van der Waals surface area contributed by atoms with E-state index in [1.807, 2.05) is 18.2 Å². The van der Waals surface area contributed by atoms with Gasteiger partial charge in [-0.2, -0.15) is 13.2 Å². The number of primary amides is 1. The van der Waals surface area contributed by atoms with Crippen molar-refractivity contribution >= 4 is 50.0 Å². The van der Waals surface area contributed by atoms with E-state index in [9.17, 15) is 27.3 Å². The molecule has 228 valence electrons. The predicted molar refractivity (Wildman–Crippen MR) is 160 cm³/mol. The summed E-state index contributed by atoms with van der Waals surface area (Å²) in [6, 6.07) is 11.8. The number of nitrogens with two attached hydrogens (primary N) is 2. The minimum Gasteiger partial charge on any atom is -0.397 e. The van der Waals surface area contributed by atoms with E-state index in [-0.39, 0.29) is 44.9 Å². The van der Waals surface area contributed by atoms with Crippen molar-refractivity contribution in [1.82, 2.24) is 15.3 Å². The fourth-order valence-electron chi connectivity index (χ4n) is 5.13. The Hall–Kier alpha value is -3.63. The molecular formula is C28H29F3N6O4S2. The molecule has 3 aromatic heterocycles. The first kappa shape index (κ1) is 30.8. The largest absolute Gasteiger partial charge is 0.417 e. The molecule has 15 heteroatoms. The molecule has 0 aliphatic carbocycles. The van der Waals surface area contributed by atoms with Gasteiger partial charge in [0.15, 0.2) is 11.1 Å². The topological polar surface area (TPSA) is 168 Å². The number of carbonyl (C=O) groups is 1. The minimum absolute atomic E-state index is 0.00677. The zero-order chi connectivity index (χ0) is 30.9. The highest BCUT2D eigenvalue weighted by Gasteiger charge is 2.37. The summed E-state index contributed by atoms with van der Waals surface area (Å²) < 4.78 is 62.0. The number of thiophene rings is 1. The number of aliphatic hydroxyl groups excluding tert-OH is 1. The van der Waals surface area contributed by atoms with Crippen molar-refractivity contribution in [3.05, 3.63) is 70.4 Å². The molecule has 2 unspecified atom stereocenters. The summed E-state index contributed by atoms with van der Waals surface area (Å²) in [5.41, 5.74) is 12.7. The maximum absolute atomic E-state index is 13.9. The third-order valence-electron chi connectivity index (χ3n) is 7.31. The van der Waals surface area contributed by atoms with Gasteiger partial charge in [-0.05, 0) is 36.1 Å². The quantitative estimate of drug-likeness (QED) is 0.171. The standard InChI is InChI=1S/C28H29F3N6O4S2/c29-28(30,31)19-11-22(36-27-23(19)24(32)25(42-27)26(33)39)37-8-6-18(7-9-37)34-13-21(38)20-5-4-17(12-35-20)16-3-1-2-15(10-16)14-43(40)41/h1-5,10-12,18,21,34,38H,6-9,13-14,32H2,(H2,33,39)(H,40,41). The van der Waals surface area contributed by atoms with Gasteiger partial charge in [0, 0.05) is 42.8 Å². The van der Waals surface area contributed by atoms with Crippen molar-refractivity contribution in [2.24, 2.45) is 5.73 Å². The van der Waals surface area contributed by atoms with Crippen LogP contribution in [0.4, 0.5) is 24.7 Å². The molecule has 10 nitrogen and oxygen atoms in total. The Morgan fingerprint density at radius 1 is 1.19 bits per heavy atom. The van der Waals surface area contributed by atoms with Crippen LogP contribution in [-0.4, -0.2) is 55.4 Å². The van der Waals surface area contributed by atoms with Crippen molar-refractivity contribution < 1.29 is 31.8 Å². The van der Waals surface area contributed by atoms with Gasteiger partial charge >= 0.3 is 6.18 Å². The van der Waals surface area contributed by atoms with Crippen molar-refractivity contribution in [1.29, 1.82) is 0 Å². The number of fused-ring (bicyclic) bond motifs is 1. The van der Waals surface area contributed by atoms with Gasteiger partial charge in [0.25, 0.3) is 5.91 Å². The van der Waals surface area contributed by atoms with Gasteiger partial charge in [0.2, 0.25) is 0 Å². The number of aromatic nitrogens is 2. The first-order chi connectivity index (χ1) is 20.4. The summed E-state index contributed by atoms with van der Waals surface area (Å²) >= 11 is -1.19. The van der Waals surface area contributed by atoms with Crippen LogP contribution in [0.3, 0.4) is 0 Å². The summed E-state index contributed by atoms with van der Waals surface area (Å²) in [6.07, 6.45) is -2.73. The van der Waals surface area contributed by atoms with Gasteiger partial charge in [-0.25, -0.2) is 9.19 Å². The zero-order valence-electron chi connectivity index (χ0n) is 22.7. The molecule has 1 saturated heterocycles. The van der Waals surface area contributed by atoms with E-state index in [0.717, 1.165) is 34.1 Å². The second kappa shape index (κ2) is 12.5. The number of pyridine rings is 2. The molecule has 0 saturated carbocycles. The molecule has 7 N–H and O–H groups in total. The average molecular weight is 635 g/mol. The molecule has 4 heterocycles. The first-order valence-corrected chi connectivity index (χ1v) is 15.4. The van der Waals surface area contributed by atoms with Gasteiger partial charge in [-0.3, -0.25) is 9.78 Å². The van der Waals surface area contributed by atoms with Crippen molar-refractivity contribution in [2.75, 3.05) is 30.3 Å². The van der Waals surface area contributed by atoms with E-state index in [4.69, 9.17) is 16.0 Å². The Kier molecular flexibility index (Phi) is 8.99. The molecule has 2 atom stereocenters. The molecule has 1 fully saturated rings. The molecule has 4 aromatic rings. The summed E-state index contributed by atoms with van der Waals surface area (Å²) in [5, 5.41) is 13.7. The smallest absolute Gasteiger partial charge is 0.397 e. The number of piperidine rings is 1. The number of amides is 1. The maximum atomic E-state index is 13.9. The van der Waals surface area contributed by atoms with Crippen LogP contribution in [0.5, 0.6) is 0 Å². The lowest BCUT2D eigenvalue weighted by Gasteiger charge is -2.34. The van der Waals surface area contributed by atoms with Crippen LogP contribution in [0.25, 0.3) is 21.3 Å². The molecule has 5 rings (SSSR count). The third kappa shape index (κ3) is 6.96. The molecular weight excluding hydrogens is 605 g/mol. The van der Waals surface area contributed by atoms with Gasteiger partial charge < -0.3 is 31.3 Å². The second-order valence-electron chi connectivity index (χ2n) is 10.2. The lowest BCUT2D eigenvalue weighted by molar-refractivity contribution is -0.136. The number of carbonyl (C=O) groups excluding carboxylic acids is 1. The number of alkyl halides is 3. The summed E-state index contributed by atoms with van der Waals surface area (Å²) in [6.45, 7) is 1.10. The molecule has 0 spiro atoms. The number of rotatable bonds is 9. The molecule has 0 bridgehead atoms. The SMILES string of the molecule is NC(=O)c1sc2nc(N3CCC(NCC(O)c4ccc(-c5cccc(CS(=O)O)c5)cn4)CC3)cc(C(F)(F)F)c2c1N. The fourth-order valence-corrected chi connectivity index (χ4v) is 6.56. The molecule has 43 heavy (non-hydrogen) atoms. The fraction of sp³-hybridized carbons (Fsp3) is 0.321. The van der Waals surface area contributed by atoms with Crippen LogP contribution in [0.2, 0.25) is 0 Å². The number of halogens is 3. The maximum Gasteiger partial charge on any atom is 0.417 e. The zero-order valence-corrected chi connectivity index (χ0v) is 24.3. The summed E-state index contributed by atoms with van der Waals surface area (Å²) in [4.78, 5) is 22.1. The van der Waals surface area contributed by atoms with Crippen molar-refractivity contribution in [3.8, 4) is 11.1 Å². The lowest BCUT2D eigenvalue weighted by atomic mass is 10.0. The predicted octanol–water partition coefficient (Wildman–Crippen LogP) is 4.07. The number of anilines is 2. The van der Waals surface area contributed by atoms with E-state index in [1.165, 1.54) is 0 Å². The van der Waals surface area contributed by atoms with Gasteiger partial charge in [-0.15, -0.1) is 11.3 Å². The lowest BCUT2D eigenvalue weighted by Crippen LogP contribution is -2.44. The highest BCUT2D eigenvalue weighted by Crippen LogP contribution is 2.43. The Labute approximate surface area is 251 Å². The Bertz CT molecular complexity index is 1660. The summed E-state index contributed by atoms with van der Waals surface area (Å²) in [5.74, 6) is -0.723. The van der Waals surface area contributed by atoms with Crippen LogP contribution in [0, 0.1) is 0 Å². The van der Waals surface area contributed by atoms with Crippen molar-refractivity contribution in [3.63, 3.8) is 0 Å². The van der Waals surface area contributed by atoms with Crippen LogP contribution in [0.15, 0.2) is 48.7 Å².